The van der Waals surface area contributed by atoms with E-state index in [4.69, 9.17) is 4.74 Å². The van der Waals surface area contributed by atoms with E-state index in [0.717, 1.165) is 12.1 Å². The van der Waals surface area contributed by atoms with Gasteiger partial charge in [0.15, 0.2) is 4.90 Å². The van der Waals surface area contributed by atoms with Gasteiger partial charge in [0.05, 0.1) is 10.6 Å². The molecule has 1 heterocycles. The van der Waals surface area contributed by atoms with Crippen molar-refractivity contribution in [3.63, 3.8) is 0 Å². The summed E-state index contributed by atoms with van der Waals surface area (Å²) in [6, 6.07) is 14.0. The van der Waals surface area contributed by atoms with Crippen LogP contribution in [-0.4, -0.2) is 36.7 Å². The van der Waals surface area contributed by atoms with Gasteiger partial charge in [-0.1, -0.05) is 12.1 Å². The molecule has 0 spiro atoms. The maximum atomic E-state index is 13.0. The molecule has 0 radical (unpaired) electrons. The van der Waals surface area contributed by atoms with E-state index in [0.29, 0.717) is 11.3 Å². The predicted molar refractivity (Wildman–Crippen MR) is 101 cm³/mol. The predicted octanol–water partition coefficient (Wildman–Crippen LogP) is 2.55. The number of hydrogen-bond acceptors (Lipinski definition) is 7. The molecule has 29 heavy (non-hydrogen) atoms. The molecule has 0 unspecified atom stereocenters. The first-order valence-corrected chi connectivity index (χ1v) is 9.81. The molecule has 0 aliphatic rings. The standard InChI is InChI=1S/C18H15FN4O5S/c19-14-7-5-13(6-8-14)15-9-10-18(22-21-15)28-12-11-20-29(26,27)17-4-2-1-3-16(17)23(24)25/h1-10,20H,11-12H2. The van der Waals surface area contributed by atoms with Crippen molar-refractivity contribution < 1.29 is 22.5 Å². The van der Waals surface area contributed by atoms with E-state index in [1.807, 2.05) is 0 Å². The van der Waals surface area contributed by atoms with Crippen LogP contribution in [0.25, 0.3) is 11.3 Å². The van der Waals surface area contributed by atoms with Gasteiger partial charge in [0.1, 0.15) is 12.4 Å². The van der Waals surface area contributed by atoms with E-state index in [1.54, 1.807) is 24.3 Å². The van der Waals surface area contributed by atoms with E-state index in [1.165, 1.54) is 24.3 Å². The molecule has 0 amide bonds. The maximum absolute atomic E-state index is 13.0. The highest BCUT2D eigenvalue weighted by Crippen LogP contribution is 2.22. The Hall–Kier alpha value is -3.44. The van der Waals surface area contributed by atoms with Gasteiger partial charge in [-0.15, -0.1) is 10.2 Å². The van der Waals surface area contributed by atoms with Crippen LogP contribution in [0, 0.1) is 15.9 Å². The first kappa shape index (κ1) is 20.3. The number of ether oxygens (including phenoxy) is 1. The zero-order valence-corrected chi connectivity index (χ0v) is 15.7. The van der Waals surface area contributed by atoms with Gasteiger partial charge in [-0.25, -0.2) is 17.5 Å². The van der Waals surface area contributed by atoms with E-state index in [-0.39, 0.29) is 24.8 Å². The van der Waals surface area contributed by atoms with Crippen LogP contribution in [0.15, 0.2) is 65.6 Å². The lowest BCUT2D eigenvalue weighted by atomic mass is 10.1. The lowest BCUT2D eigenvalue weighted by molar-refractivity contribution is -0.387. The molecule has 150 valence electrons. The van der Waals surface area contributed by atoms with E-state index >= 15 is 0 Å². The third-order valence-corrected chi connectivity index (χ3v) is 5.28. The molecule has 0 saturated carbocycles. The molecule has 3 aromatic rings. The second-order valence-electron chi connectivity index (χ2n) is 5.73. The summed E-state index contributed by atoms with van der Waals surface area (Å²) in [7, 11) is -4.07. The summed E-state index contributed by atoms with van der Waals surface area (Å²) in [6.45, 7) is -0.194. The number of nitrogens with one attached hydrogen (secondary N) is 1. The van der Waals surface area contributed by atoms with Crippen molar-refractivity contribution in [2.45, 2.75) is 4.90 Å². The van der Waals surface area contributed by atoms with Gasteiger partial charge in [0.25, 0.3) is 5.69 Å². The third kappa shape index (κ3) is 5.09. The summed E-state index contributed by atoms with van der Waals surface area (Å²) in [5.41, 5.74) is 0.695. The van der Waals surface area contributed by atoms with Crippen LogP contribution in [0.1, 0.15) is 0 Å². The molecule has 3 rings (SSSR count). The van der Waals surface area contributed by atoms with Gasteiger partial charge < -0.3 is 4.74 Å². The molecule has 0 atom stereocenters. The smallest absolute Gasteiger partial charge is 0.289 e. The van der Waals surface area contributed by atoms with Gasteiger partial charge in [-0.2, -0.15) is 0 Å². The molecule has 2 aromatic carbocycles. The first-order valence-electron chi connectivity index (χ1n) is 8.32. The van der Waals surface area contributed by atoms with Crippen molar-refractivity contribution in [1.29, 1.82) is 0 Å². The Balaban J connectivity index is 1.56. The van der Waals surface area contributed by atoms with Crippen LogP contribution in [0.3, 0.4) is 0 Å². The monoisotopic (exact) mass is 418 g/mol. The molecular weight excluding hydrogens is 403 g/mol. The lowest BCUT2D eigenvalue weighted by Gasteiger charge is -2.08. The zero-order chi connectivity index (χ0) is 20.9. The molecule has 0 aliphatic heterocycles. The van der Waals surface area contributed by atoms with Crippen molar-refractivity contribution in [1.82, 2.24) is 14.9 Å². The average Bonchev–Trinajstić information content (AvgIpc) is 2.72. The number of nitrogens with zero attached hydrogens (tertiary/aromatic N) is 3. The topological polar surface area (TPSA) is 124 Å². The number of hydrogen-bond donors (Lipinski definition) is 1. The summed E-state index contributed by atoms with van der Waals surface area (Å²) >= 11 is 0. The minimum Gasteiger partial charge on any atom is -0.475 e. The van der Waals surface area contributed by atoms with Crippen LogP contribution in [0.5, 0.6) is 5.88 Å². The lowest BCUT2D eigenvalue weighted by Crippen LogP contribution is -2.28. The van der Waals surface area contributed by atoms with Gasteiger partial charge >= 0.3 is 0 Å². The number of nitro benzene ring substituents is 1. The third-order valence-electron chi connectivity index (χ3n) is 3.78. The van der Waals surface area contributed by atoms with Crippen molar-refractivity contribution >= 4 is 15.7 Å². The zero-order valence-electron chi connectivity index (χ0n) is 14.9. The molecule has 1 aromatic heterocycles. The van der Waals surface area contributed by atoms with Gasteiger partial charge in [-0.05, 0) is 36.4 Å². The minimum absolute atomic E-state index is 0.0650. The number of aromatic nitrogens is 2. The quantitative estimate of drug-likeness (QED) is 0.339. The first-order chi connectivity index (χ1) is 13.9. The van der Waals surface area contributed by atoms with Crippen molar-refractivity contribution in [3.05, 3.63) is 76.6 Å². The molecule has 9 nitrogen and oxygen atoms in total. The normalized spacial score (nSPS) is 11.2. The fraction of sp³-hybridized carbons (Fsp3) is 0.111. The summed E-state index contributed by atoms with van der Waals surface area (Å²) in [5.74, 6) is -0.189. The van der Waals surface area contributed by atoms with Crippen LogP contribution in [0.2, 0.25) is 0 Å². The number of nitro groups is 1. The summed E-state index contributed by atoms with van der Waals surface area (Å²) < 4.78 is 45.1. The molecule has 0 fully saturated rings. The Kier molecular flexibility index (Phi) is 6.10. The number of sulfonamides is 1. The van der Waals surface area contributed by atoms with Gasteiger partial charge in [0.2, 0.25) is 15.9 Å². The van der Waals surface area contributed by atoms with Crippen LogP contribution in [-0.2, 0) is 10.0 Å². The highest BCUT2D eigenvalue weighted by Gasteiger charge is 2.24. The number of benzene rings is 2. The van der Waals surface area contributed by atoms with Gasteiger partial charge in [-0.3, -0.25) is 10.1 Å². The number of halogens is 1. The average molecular weight is 418 g/mol. The number of para-hydroxylation sites is 1. The van der Waals surface area contributed by atoms with E-state index < -0.39 is 25.5 Å². The minimum atomic E-state index is -4.07. The van der Waals surface area contributed by atoms with Crippen LogP contribution >= 0.6 is 0 Å². The van der Waals surface area contributed by atoms with Crippen LogP contribution in [0.4, 0.5) is 10.1 Å². The van der Waals surface area contributed by atoms with E-state index in [9.17, 15) is 22.9 Å². The molecule has 1 N–H and O–H groups in total. The second-order valence-corrected chi connectivity index (χ2v) is 7.47. The van der Waals surface area contributed by atoms with Crippen LogP contribution < -0.4 is 9.46 Å². The Morgan fingerprint density at radius 1 is 1.03 bits per heavy atom. The SMILES string of the molecule is O=[N+]([O-])c1ccccc1S(=O)(=O)NCCOc1ccc(-c2ccc(F)cc2)nn1. The Morgan fingerprint density at radius 2 is 1.76 bits per heavy atom. The highest BCUT2D eigenvalue weighted by molar-refractivity contribution is 7.89. The Bertz CT molecular complexity index is 1110. The molecule has 11 heteroatoms. The summed E-state index contributed by atoms with van der Waals surface area (Å²) in [4.78, 5) is 9.80. The Labute approximate surface area is 165 Å². The molecular formula is C18H15FN4O5S. The van der Waals surface area contributed by atoms with Crippen molar-refractivity contribution in [3.8, 4) is 17.1 Å². The Morgan fingerprint density at radius 3 is 2.41 bits per heavy atom. The second kappa shape index (κ2) is 8.71. The van der Waals surface area contributed by atoms with E-state index in [2.05, 4.69) is 14.9 Å². The molecule has 0 saturated heterocycles. The van der Waals surface area contributed by atoms with Crippen molar-refractivity contribution in [2.75, 3.05) is 13.2 Å². The fourth-order valence-corrected chi connectivity index (χ4v) is 3.60. The summed E-state index contributed by atoms with van der Waals surface area (Å²) in [5, 5.41) is 18.8. The van der Waals surface area contributed by atoms with Gasteiger partial charge in [0, 0.05) is 24.2 Å². The molecule has 0 aliphatic carbocycles. The molecule has 0 bridgehead atoms. The van der Waals surface area contributed by atoms with Crippen molar-refractivity contribution in [2.24, 2.45) is 0 Å². The fourth-order valence-electron chi connectivity index (χ4n) is 2.42. The largest absolute Gasteiger partial charge is 0.475 e. The summed E-state index contributed by atoms with van der Waals surface area (Å²) in [6.07, 6.45) is 0. The highest BCUT2D eigenvalue weighted by atomic mass is 32.2. The maximum Gasteiger partial charge on any atom is 0.289 e. The number of rotatable bonds is 8.